The minimum absolute atomic E-state index is 0.139. The number of hydrogen-bond donors (Lipinski definition) is 2. The molecule has 6 atom stereocenters. The zero-order chi connectivity index (χ0) is 21.4. The Morgan fingerprint density at radius 1 is 1.32 bits per heavy atom. The molecule has 0 aromatic heterocycles. The molecule has 162 valence electrons. The van der Waals surface area contributed by atoms with Gasteiger partial charge in [0.2, 0.25) is 0 Å². The quantitative estimate of drug-likeness (QED) is 0.703. The van der Waals surface area contributed by atoms with E-state index in [4.69, 9.17) is 9.47 Å². The van der Waals surface area contributed by atoms with Gasteiger partial charge in [-0.1, -0.05) is 11.8 Å². The number of carbonyl (C=O) groups excluding carboxylic acids is 1. The van der Waals surface area contributed by atoms with Crippen LogP contribution in [0.2, 0.25) is 0 Å². The minimum Gasteiger partial charge on any atom is -0.443 e. The van der Waals surface area contributed by atoms with Gasteiger partial charge in [0.1, 0.15) is 35.4 Å². The molecular weight excluding hydrogens is 405 g/mol. The number of nitrogens with zero attached hydrogens (tertiary/aromatic N) is 2. The van der Waals surface area contributed by atoms with Crippen molar-refractivity contribution >= 4 is 23.0 Å². The second kappa shape index (κ2) is 8.34. The van der Waals surface area contributed by atoms with Crippen LogP contribution in [-0.2, 0) is 14.2 Å². The molecule has 8 nitrogen and oxygen atoms in total. The SMILES string of the molecule is CCN(C(=O)OC(C)(C)C)C1=N[C@@H]2[C@@H](O)[C@H](O)[C@@H]([C@@H](OC)C(F)(F)F)O[C@@H]2S1. The van der Waals surface area contributed by atoms with Crippen molar-refractivity contribution < 1.29 is 42.4 Å². The number of aliphatic hydroxyl groups excluding tert-OH is 2. The first kappa shape index (κ1) is 23.2. The lowest BCUT2D eigenvalue weighted by Crippen LogP contribution is -2.61. The molecule has 2 aliphatic heterocycles. The molecule has 28 heavy (non-hydrogen) atoms. The van der Waals surface area contributed by atoms with Crippen LogP contribution in [0.4, 0.5) is 18.0 Å². The molecule has 0 unspecified atom stereocenters. The average molecular weight is 430 g/mol. The predicted molar refractivity (Wildman–Crippen MR) is 95.0 cm³/mol. The summed E-state index contributed by atoms with van der Waals surface area (Å²) in [6.07, 6.45) is -13.2. The first-order chi connectivity index (χ1) is 12.8. The maximum atomic E-state index is 13.2. The van der Waals surface area contributed by atoms with Crippen molar-refractivity contribution in [2.75, 3.05) is 13.7 Å². The Hall–Kier alpha value is -1.08. The van der Waals surface area contributed by atoms with E-state index in [-0.39, 0.29) is 11.7 Å². The van der Waals surface area contributed by atoms with Gasteiger partial charge in [-0.05, 0) is 27.7 Å². The van der Waals surface area contributed by atoms with E-state index >= 15 is 0 Å². The van der Waals surface area contributed by atoms with Crippen LogP contribution in [0.1, 0.15) is 27.7 Å². The lowest BCUT2D eigenvalue weighted by Gasteiger charge is -2.41. The van der Waals surface area contributed by atoms with Crippen LogP contribution in [0.3, 0.4) is 0 Å². The number of methoxy groups -OCH3 is 1. The molecule has 2 heterocycles. The second-order valence-electron chi connectivity index (χ2n) is 7.39. The van der Waals surface area contributed by atoms with Crippen LogP contribution >= 0.6 is 11.8 Å². The second-order valence-corrected chi connectivity index (χ2v) is 8.46. The van der Waals surface area contributed by atoms with Gasteiger partial charge in [0, 0.05) is 13.7 Å². The van der Waals surface area contributed by atoms with Crippen LogP contribution in [0, 0.1) is 0 Å². The van der Waals surface area contributed by atoms with Gasteiger partial charge < -0.3 is 24.4 Å². The smallest absolute Gasteiger partial charge is 0.417 e. The summed E-state index contributed by atoms with van der Waals surface area (Å²) in [5.41, 5.74) is -1.77. The number of alkyl halides is 3. The van der Waals surface area contributed by atoms with E-state index in [0.717, 1.165) is 18.9 Å². The summed E-state index contributed by atoms with van der Waals surface area (Å²) >= 11 is 0.889. The molecule has 1 fully saturated rings. The predicted octanol–water partition coefficient (Wildman–Crippen LogP) is 1.74. The lowest BCUT2D eigenvalue weighted by molar-refractivity contribution is -0.278. The number of aliphatic imine (C=N–C) groups is 1. The normalized spacial score (nSPS) is 31.8. The zero-order valence-electron chi connectivity index (χ0n) is 16.1. The maximum absolute atomic E-state index is 13.2. The monoisotopic (exact) mass is 430 g/mol. The highest BCUT2D eigenvalue weighted by atomic mass is 32.2. The largest absolute Gasteiger partial charge is 0.443 e. The van der Waals surface area contributed by atoms with Crippen molar-refractivity contribution in [3.63, 3.8) is 0 Å². The molecule has 0 aromatic rings. The molecular formula is C16H25F3N2O6S. The minimum atomic E-state index is -4.80. The Kier molecular flexibility index (Phi) is 6.91. The molecule has 1 amide bonds. The third-order valence-corrected chi connectivity index (χ3v) is 5.28. The topological polar surface area (TPSA) is 101 Å². The van der Waals surface area contributed by atoms with Gasteiger partial charge in [0.15, 0.2) is 11.3 Å². The van der Waals surface area contributed by atoms with E-state index in [1.54, 1.807) is 27.7 Å². The lowest BCUT2D eigenvalue weighted by atomic mass is 9.94. The molecule has 2 rings (SSSR count). The van der Waals surface area contributed by atoms with E-state index in [2.05, 4.69) is 9.73 Å². The summed E-state index contributed by atoms with van der Waals surface area (Å²) in [6, 6.07) is -1.03. The van der Waals surface area contributed by atoms with Crippen LogP contribution in [0.15, 0.2) is 4.99 Å². The molecule has 0 bridgehead atoms. The highest BCUT2D eigenvalue weighted by molar-refractivity contribution is 8.14. The molecule has 12 heteroatoms. The molecule has 0 aromatic carbocycles. The van der Waals surface area contributed by atoms with Crippen molar-refractivity contribution in [2.45, 2.75) is 75.4 Å². The number of amidine groups is 1. The van der Waals surface area contributed by atoms with Crippen LogP contribution in [-0.4, -0.2) is 87.7 Å². The number of amides is 1. The third-order valence-electron chi connectivity index (χ3n) is 4.12. The zero-order valence-corrected chi connectivity index (χ0v) is 17.0. The number of ether oxygens (including phenoxy) is 3. The fraction of sp³-hybridized carbons (Fsp3) is 0.875. The van der Waals surface area contributed by atoms with Gasteiger partial charge >= 0.3 is 12.3 Å². The van der Waals surface area contributed by atoms with Gasteiger partial charge in [-0.15, -0.1) is 0 Å². The Balaban J connectivity index is 2.20. The third kappa shape index (κ3) is 4.90. The van der Waals surface area contributed by atoms with E-state index in [1.165, 1.54) is 4.90 Å². The summed E-state index contributed by atoms with van der Waals surface area (Å²) in [6.45, 7) is 6.94. The molecule has 2 N–H and O–H groups in total. The van der Waals surface area contributed by atoms with Crippen LogP contribution < -0.4 is 0 Å². The summed E-state index contributed by atoms with van der Waals surface area (Å²) in [7, 11) is 0.845. The van der Waals surface area contributed by atoms with E-state index in [0.29, 0.717) is 0 Å². The van der Waals surface area contributed by atoms with Crippen molar-refractivity contribution in [2.24, 2.45) is 4.99 Å². The number of hydrogen-bond acceptors (Lipinski definition) is 8. The Morgan fingerprint density at radius 3 is 2.39 bits per heavy atom. The number of aliphatic hydroxyl groups is 2. The number of rotatable bonds is 3. The van der Waals surface area contributed by atoms with Crippen molar-refractivity contribution in [1.82, 2.24) is 4.90 Å². The Bertz CT molecular complexity index is 612. The fourth-order valence-electron chi connectivity index (χ4n) is 2.87. The summed E-state index contributed by atoms with van der Waals surface area (Å²) in [5, 5.41) is 20.6. The van der Waals surface area contributed by atoms with Gasteiger partial charge in [-0.3, -0.25) is 9.89 Å². The van der Waals surface area contributed by atoms with E-state index in [9.17, 15) is 28.2 Å². The number of halogens is 3. The van der Waals surface area contributed by atoms with Crippen molar-refractivity contribution in [1.29, 1.82) is 0 Å². The standard InChI is InChI=1S/C16H25F3N2O6S/c1-6-21(14(24)27-15(2,3)4)13-20-7-8(22)9(23)10(26-12(7)28-13)11(25-5)16(17,18)19/h7-12,22-23H,6H2,1-5H3/t7-,8-,9+,10+,11-,12-/m1/s1. The van der Waals surface area contributed by atoms with E-state index < -0.39 is 53.8 Å². The van der Waals surface area contributed by atoms with Gasteiger partial charge in [0.25, 0.3) is 0 Å². The van der Waals surface area contributed by atoms with Crippen molar-refractivity contribution in [3.05, 3.63) is 0 Å². The number of carbonyl (C=O) groups is 1. The molecule has 0 saturated carbocycles. The van der Waals surface area contributed by atoms with E-state index in [1.807, 2.05) is 0 Å². The maximum Gasteiger partial charge on any atom is 0.417 e. The molecule has 2 aliphatic rings. The van der Waals surface area contributed by atoms with Gasteiger partial charge in [-0.2, -0.15) is 13.2 Å². The van der Waals surface area contributed by atoms with Gasteiger partial charge in [-0.25, -0.2) is 4.79 Å². The molecule has 0 spiro atoms. The first-order valence-electron chi connectivity index (χ1n) is 8.66. The number of fused-ring (bicyclic) bond motifs is 1. The fourth-order valence-corrected chi connectivity index (χ4v) is 4.13. The first-order valence-corrected chi connectivity index (χ1v) is 9.54. The van der Waals surface area contributed by atoms with Crippen LogP contribution in [0.25, 0.3) is 0 Å². The Labute approximate surface area is 165 Å². The van der Waals surface area contributed by atoms with Crippen LogP contribution in [0.5, 0.6) is 0 Å². The summed E-state index contributed by atoms with van der Waals surface area (Å²) < 4.78 is 54.7. The summed E-state index contributed by atoms with van der Waals surface area (Å²) in [4.78, 5) is 17.8. The van der Waals surface area contributed by atoms with Crippen molar-refractivity contribution in [3.8, 4) is 0 Å². The molecule has 0 radical (unpaired) electrons. The number of thioether (sulfide) groups is 1. The highest BCUT2D eigenvalue weighted by Crippen LogP contribution is 2.41. The Morgan fingerprint density at radius 2 is 1.93 bits per heavy atom. The molecule has 1 saturated heterocycles. The highest BCUT2D eigenvalue weighted by Gasteiger charge is 2.57. The molecule has 0 aliphatic carbocycles. The van der Waals surface area contributed by atoms with Gasteiger partial charge in [0.05, 0.1) is 0 Å². The summed E-state index contributed by atoms with van der Waals surface area (Å²) in [5.74, 6) is 0. The average Bonchev–Trinajstić information content (AvgIpc) is 2.94.